The molecule has 0 saturated heterocycles. The Hall–Kier alpha value is -1.09. The van der Waals surface area contributed by atoms with Crippen LogP contribution in [0.2, 0.25) is 0 Å². The first kappa shape index (κ1) is 14.0. The second-order valence-corrected chi connectivity index (χ2v) is 4.68. The number of nitrogens with two attached hydrogens (primary N) is 1. The highest BCUT2D eigenvalue weighted by atomic mass is 16.5. The van der Waals surface area contributed by atoms with Crippen LogP contribution in [-0.4, -0.2) is 17.6 Å². The van der Waals surface area contributed by atoms with Gasteiger partial charge in [0.15, 0.2) is 0 Å². The van der Waals surface area contributed by atoms with Gasteiger partial charge in [-0.25, -0.2) is 0 Å². The van der Waals surface area contributed by atoms with Crippen LogP contribution in [0.5, 0.6) is 5.75 Å². The quantitative estimate of drug-likeness (QED) is 0.792. The molecule has 1 aromatic heterocycles. The molecule has 1 heterocycles. The van der Waals surface area contributed by atoms with Gasteiger partial charge in [-0.05, 0) is 24.5 Å². The molecule has 0 aliphatic heterocycles. The van der Waals surface area contributed by atoms with Crippen LogP contribution < -0.4 is 10.5 Å². The largest absolute Gasteiger partial charge is 0.492 e. The van der Waals surface area contributed by atoms with E-state index in [2.05, 4.69) is 25.8 Å². The average Bonchev–Trinajstić information content (AvgIpc) is 2.37. The van der Waals surface area contributed by atoms with E-state index in [1.807, 2.05) is 12.1 Å². The van der Waals surface area contributed by atoms with Crippen molar-refractivity contribution in [3.05, 3.63) is 24.0 Å². The lowest BCUT2D eigenvalue weighted by molar-refractivity contribution is 0.255. The van der Waals surface area contributed by atoms with Crippen molar-refractivity contribution in [1.82, 2.24) is 4.98 Å². The number of ether oxygens (including phenoxy) is 1. The van der Waals surface area contributed by atoms with Gasteiger partial charge in [-0.1, -0.05) is 27.2 Å². The van der Waals surface area contributed by atoms with Gasteiger partial charge in [0.05, 0.1) is 12.8 Å². The SMILES string of the molecule is CCC(C)COc1ccc(CC(N)CC)nc1. The van der Waals surface area contributed by atoms with Crippen molar-refractivity contribution in [3.8, 4) is 5.75 Å². The fraction of sp³-hybridized carbons (Fsp3) is 0.643. The minimum Gasteiger partial charge on any atom is -0.492 e. The van der Waals surface area contributed by atoms with Gasteiger partial charge in [0.1, 0.15) is 5.75 Å². The molecule has 0 bridgehead atoms. The van der Waals surface area contributed by atoms with Gasteiger partial charge >= 0.3 is 0 Å². The molecule has 2 N–H and O–H groups in total. The highest BCUT2D eigenvalue weighted by Crippen LogP contribution is 2.12. The molecule has 0 radical (unpaired) electrons. The first-order valence-corrected chi connectivity index (χ1v) is 6.49. The van der Waals surface area contributed by atoms with Crippen molar-refractivity contribution >= 4 is 0 Å². The fourth-order valence-corrected chi connectivity index (χ4v) is 1.39. The summed E-state index contributed by atoms with van der Waals surface area (Å²) < 4.78 is 5.65. The van der Waals surface area contributed by atoms with Gasteiger partial charge in [-0.2, -0.15) is 0 Å². The molecule has 3 nitrogen and oxygen atoms in total. The first-order valence-electron chi connectivity index (χ1n) is 6.49. The highest BCUT2D eigenvalue weighted by Gasteiger charge is 2.04. The van der Waals surface area contributed by atoms with Gasteiger partial charge < -0.3 is 10.5 Å². The minimum atomic E-state index is 0.203. The molecular weight excluding hydrogens is 212 g/mol. The van der Waals surface area contributed by atoms with Gasteiger partial charge in [0.25, 0.3) is 0 Å². The predicted molar refractivity (Wildman–Crippen MR) is 71.2 cm³/mol. The molecule has 1 rings (SSSR count). The second kappa shape index (κ2) is 7.28. The standard InChI is InChI=1S/C14H24N2O/c1-4-11(3)10-17-14-7-6-13(16-9-14)8-12(15)5-2/h6-7,9,11-12H,4-5,8,10,15H2,1-3H3. The van der Waals surface area contributed by atoms with E-state index in [9.17, 15) is 0 Å². The summed E-state index contributed by atoms with van der Waals surface area (Å²) in [6.07, 6.45) is 4.74. The number of hydrogen-bond acceptors (Lipinski definition) is 3. The third-order valence-electron chi connectivity index (χ3n) is 3.02. The van der Waals surface area contributed by atoms with Crippen molar-refractivity contribution in [2.24, 2.45) is 11.7 Å². The molecule has 0 spiro atoms. The van der Waals surface area contributed by atoms with E-state index in [1.165, 1.54) is 0 Å². The zero-order chi connectivity index (χ0) is 12.7. The van der Waals surface area contributed by atoms with E-state index < -0.39 is 0 Å². The topological polar surface area (TPSA) is 48.1 Å². The highest BCUT2D eigenvalue weighted by molar-refractivity contribution is 5.20. The second-order valence-electron chi connectivity index (χ2n) is 4.68. The maximum absolute atomic E-state index is 5.89. The van der Waals surface area contributed by atoms with E-state index in [0.717, 1.165) is 37.3 Å². The molecule has 1 aromatic rings. The lowest BCUT2D eigenvalue weighted by atomic mass is 10.1. The molecule has 0 saturated carbocycles. The van der Waals surface area contributed by atoms with Crippen LogP contribution in [0.25, 0.3) is 0 Å². The average molecular weight is 236 g/mol. The zero-order valence-electron chi connectivity index (χ0n) is 11.1. The smallest absolute Gasteiger partial charge is 0.137 e. The summed E-state index contributed by atoms with van der Waals surface area (Å²) in [5.41, 5.74) is 6.93. The summed E-state index contributed by atoms with van der Waals surface area (Å²) >= 11 is 0. The fourth-order valence-electron chi connectivity index (χ4n) is 1.39. The summed E-state index contributed by atoms with van der Waals surface area (Å²) in [6.45, 7) is 7.20. The van der Waals surface area contributed by atoms with Crippen molar-refractivity contribution < 1.29 is 4.74 Å². The summed E-state index contributed by atoms with van der Waals surface area (Å²) in [5, 5.41) is 0. The molecular formula is C14H24N2O. The first-order chi connectivity index (χ1) is 8.15. The Morgan fingerprint density at radius 3 is 2.59 bits per heavy atom. The van der Waals surface area contributed by atoms with E-state index in [-0.39, 0.29) is 6.04 Å². The van der Waals surface area contributed by atoms with Crippen LogP contribution >= 0.6 is 0 Å². The molecule has 0 fully saturated rings. The van der Waals surface area contributed by atoms with Crippen molar-refractivity contribution in [2.45, 2.75) is 46.1 Å². The minimum absolute atomic E-state index is 0.203. The molecule has 0 aromatic carbocycles. The van der Waals surface area contributed by atoms with E-state index >= 15 is 0 Å². The van der Waals surface area contributed by atoms with E-state index in [4.69, 9.17) is 10.5 Å². The molecule has 0 aliphatic rings. The van der Waals surface area contributed by atoms with Gasteiger partial charge in [0.2, 0.25) is 0 Å². The number of nitrogens with zero attached hydrogens (tertiary/aromatic N) is 1. The van der Waals surface area contributed by atoms with Crippen LogP contribution in [0, 0.1) is 5.92 Å². The number of pyridine rings is 1. The Labute approximate surface area is 104 Å². The Bertz CT molecular complexity index is 311. The summed E-state index contributed by atoms with van der Waals surface area (Å²) in [4.78, 5) is 4.37. The van der Waals surface area contributed by atoms with Gasteiger partial charge in [-0.3, -0.25) is 4.98 Å². The molecule has 0 aliphatic carbocycles. The van der Waals surface area contributed by atoms with E-state index in [1.54, 1.807) is 6.20 Å². The van der Waals surface area contributed by atoms with E-state index in [0.29, 0.717) is 5.92 Å². The monoisotopic (exact) mass is 236 g/mol. The Morgan fingerprint density at radius 1 is 1.29 bits per heavy atom. The number of hydrogen-bond donors (Lipinski definition) is 1. The normalized spacial score (nSPS) is 14.4. The summed E-state index contributed by atoms with van der Waals surface area (Å²) in [5.74, 6) is 1.43. The van der Waals surface area contributed by atoms with Crippen molar-refractivity contribution in [2.75, 3.05) is 6.61 Å². The molecule has 2 atom stereocenters. The number of rotatable bonds is 7. The summed E-state index contributed by atoms with van der Waals surface area (Å²) in [6, 6.07) is 4.18. The third kappa shape index (κ3) is 5.18. The Kier molecular flexibility index (Phi) is 5.98. The van der Waals surface area contributed by atoms with Crippen LogP contribution in [-0.2, 0) is 6.42 Å². The van der Waals surface area contributed by atoms with Crippen molar-refractivity contribution in [1.29, 1.82) is 0 Å². The predicted octanol–water partition coefficient (Wildman–Crippen LogP) is 2.79. The molecule has 2 unspecified atom stereocenters. The molecule has 96 valence electrons. The maximum Gasteiger partial charge on any atom is 0.137 e. The summed E-state index contributed by atoms with van der Waals surface area (Å²) in [7, 11) is 0. The van der Waals surface area contributed by atoms with Crippen LogP contribution in [0.1, 0.15) is 39.3 Å². The lowest BCUT2D eigenvalue weighted by Gasteiger charge is -2.11. The van der Waals surface area contributed by atoms with Gasteiger partial charge in [0, 0.05) is 18.2 Å². The van der Waals surface area contributed by atoms with Crippen LogP contribution in [0.3, 0.4) is 0 Å². The Balaban J connectivity index is 2.44. The van der Waals surface area contributed by atoms with Crippen LogP contribution in [0.15, 0.2) is 18.3 Å². The van der Waals surface area contributed by atoms with Gasteiger partial charge in [-0.15, -0.1) is 0 Å². The third-order valence-corrected chi connectivity index (χ3v) is 3.02. The molecule has 0 amide bonds. The van der Waals surface area contributed by atoms with Crippen molar-refractivity contribution in [3.63, 3.8) is 0 Å². The molecule has 17 heavy (non-hydrogen) atoms. The number of aromatic nitrogens is 1. The maximum atomic E-state index is 5.89. The zero-order valence-corrected chi connectivity index (χ0v) is 11.1. The lowest BCUT2D eigenvalue weighted by Crippen LogP contribution is -2.21. The molecule has 3 heteroatoms. The van der Waals surface area contributed by atoms with Crippen LogP contribution in [0.4, 0.5) is 0 Å². The Morgan fingerprint density at radius 2 is 2.06 bits per heavy atom.